The van der Waals surface area contributed by atoms with Crippen LogP contribution in [0.25, 0.3) is 11.1 Å². The van der Waals surface area contributed by atoms with E-state index in [9.17, 15) is 0 Å². The molecule has 0 saturated carbocycles. The normalized spacial score (nSPS) is 22.5. The second kappa shape index (κ2) is 6.91. The van der Waals surface area contributed by atoms with E-state index in [4.69, 9.17) is 4.74 Å². The average Bonchev–Trinajstić information content (AvgIpc) is 3.47. The van der Waals surface area contributed by atoms with Crippen molar-refractivity contribution in [1.29, 1.82) is 0 Å². The monoisotopic (exact) mass is 346 g/mol. The van der Waals surface area contributed by atoms with Crippen LogP contribution in [-0.4, -0.2) is 35.2 Å². The van der Waals surface area contributed by atoms with Gasteiger partial charge in [-0.05, 0) is 35.4 Å². The van der Waals surface area contributed by atoms with Crippen LogP contribution in [0.2, 0.25) is 0 Å². The third-order valence-electron chi connectivity index (χ3n) is 3.72. The lowest BCUT2D eigenvalue weighted by atomic mass is 10.1. The molecule has 2 aliphatic heterocycles. The predicted molar refractivity (Wildman–Crippen MR) is 99.3 cm³/mol. The van der Waals surface area contributed by atoms with Crippen molar-refractivity contribution in [2.24, 2.45) is 0 Å². The summed E-state index contributed by atoms with van der Waals surface area (Å²) in [5.41, 5.74) is 2.59. The Morgan fingerprint density at radius 1 is 0.864 bits per heavy atom. The SMILES string of the molecule is c1cc(-c2ccc(SCC3CS3)cc2)ccc1SCC1CO1. The van der Waals surface area contributed by atoms with E-state index in [-0.39, 0.29) is 0 Å². The number of hydrogen-bond donors (Lipinski definition) is 0. The largest absolute Gasteiger partial charge is 0.372 e. The van der Waals surface area contributed by atoms with Crippen molar-refractivity contribution in [3.8, 4) is 11.1 Å². The summed E-state index contributed by atoms with van der Waals surface area (Å²) in [5, 5.41) is 0.899. The molecule has 0 amide bonds. The minimum absolute atomic E-state index is 0.490. The maximum absolute atomic E-state index is 5.25. The van der Waals surface area contributed by atoms with E-state index in [1.54, 1.807) is 0 Å². The maximum atomic E-state index is 5.25. The smallest absolute Gasteiger partial charge is 0.0903 e. The van der Waals surface area contributed by atoms with Crippen LogP contribution in [0.3, 0.4) is 0 Å². The van der Waals surface area contributed by atoms with Crippen LogP contribution in [0.5, 0.6) is 0 Å². The second-order valence-corrected chi connectivity index (χ2v) is 9.10. The van der Waals surface area contributed by atoms with Crippen LogP contribution in [0.15, 0.2) is 58.3 Å². The van der Waals surface area contributed by atoms with Gasteiger partial charge in [-0.3, -0.25) is 0 Å². The van der Waals surface area contributed by atoms with Crippen LogP contribution < -0.4 is 0 Å². The van der Waals surface area contributed by atoms with E-state index < -0.39 is 0 Å². The number of ether oxygens (including phenoxy) is 1. The molecule has 2 aromatic rings. The van der Waals surface area contributed by atoms with E-state index in [1.807, 2.05) is 23.5 Å². The Kier molecular flexibility index (Phi) is 4.72. The van der Waals surface area contributed by atoms with E-state index >= 15 is 0 Å². The molecule has 2 heterocycles. The van der Waals surface area contributed by atoms with E-state index in [2.05, 4.69) is 60.3 Å². The lowest BCUT2D eigenvalue weighted by Gasteiger charge is -2.06. The van der Waals surface area contributed by atoms with Crippen LogP contribution in [0.1, 0.15) is 0 Å². The van der Waals surface area contributed by atoms with Crippen molar-refractivity contribution < 1.29 is 4.74 Å². The molecule has 0 aliphatic carbocycles. The van der Waals surface area contributed by atoms with Gasteiger partial charge in [0.05, 0.1) is 12.7 Å². The molecular formula is C18H18OS3. The van der Waals surface area contributed by atoms with Gasteiger partial charge < -0.3 is 4.74 Å². The Hall–Kier alpha value is -0.550. The van der Waals surface area contributed by atoms with Crippen LogP contribution in [0.4, 0.5) is 0 Å². The highest BCUT2D eigenvalue weighted by Crippen LogP contribution is 2.35. The summed E-state index contributed by atoms with van der Waals surface area (Å²) in [5.74, 6) is 3.67. The zero-order valence-corrected chi connectivity index (χ0v) is 14.7. The third kappa shape index (κ3) is 4.25. The molecule has 114 valence electrons. The molecule has 4 heteroatoms. The fourth-order valence-electron chi connectivity index (χ4n) is 2.19. The zero-order valence-electron chi connectivity index (χ0n) is 12.2. The van der Waals surface area contributed by atoms with Gasteiger partial charge in [0, 0.05) is 32.3 Å². The molecule has 2 aliphatic rings. The van der Waals surface area contributed by atoms with E-state index in [0.717, 1.165) is 17.6 Å². The molecule has 0 aromatic heterocycles. The minimum Gasteiger partial charge on any atom is -0.372 e. The number of benzene rings is 2. The zero-order chi connectivity index (χ0) is 14.8. The predicted octanol–water partition coefficient (Wildman–Crippen LogP) is 5.05. The van der Waals surface area contributed by atoms with Crippen molar-refractivity contribution in [2.45, 2.75) is 21.1 Å². The van der Waals surface area contributed by atoms with Gasteiger partial charge in [0.2, 0.25) is 0 Å². The lowest BCUT2D eigenvalue weighted by molar-refractivity contribution is 0.426. The Balaban J connectivity index is 1.37. The highest BCUT2D eigenvalue weighted by Gasteiger charge is 2.22. The number of epoxide rings is 1. The van der Waals surface area contributed by atoms with Gasteiger partial charge in [-0.25, -0.2) is 0 Å². The first-order chi connectivity index (χ1) is 10.9. The standard InChI is InChI=1S/C18H18OS3/c1-5-16(20-10-15-9-19-15)6-2-13(1)14-3-7-17(8-4-14)21-11-18-12-22-18/h1-8,15,18H,9-12H2. The van der Waals surface area contributed by atoms with Crippen molar-refractivity contribution in [3.05, 3.63) is 48.5 Å². The van der Waals surface area contributed by atoms with Crippen molar-refractivity contribution in [3.63, 3.8) is 0 Å². The van der Waals surface area contributed by atoms with Crippen molar-refractivity contribution in [1.82, 2.24) is 0 Å². The van der Waals surface area contributed by atoms with E-state index in [1.165, 1.54) is 32.4 Å². The molecule has 2 atom stereocenters. The summed E-state index contributed by atoms with van der Waals surface area (Å²) < 4.78 is 5.25. The molecule has 1 nitrogen and oxygen atoms in total. The molecule has 2 unspecified atom stereocenters. The van der Waals surface area contributed by atoms with Crippen LogP contribution >= 0.6 is 35.3 Å². The van der Waals surface area contributed by atoms with Crippen molar-refractivity contribution >= 4 is 35.3 Å². The Morgan fingerprint density at radius 2 is 1.36 bits per heavy atom. The summed E-state index contributed by atoms with van der Waals surface area (Å²) >= 11 is 5.93. The van der Waals surface area contributed by atoms with E-state index in [0.29, 0.717) is 6.10 Å². The lowest BCUT2D eigenvalue weighted by Crippen LogP contribution is -1.88. The van der Waals surface area contributed by atoms with Gasteiger partial charge in [0.25, 0.3) is 0 Å². The molecule has 0 bridgehead atoms. The first kappa shape index (κ1) is 15.0. The average molecular weight is 347 g/mol. The van der Waals surface area contributed by atoms with Gasteiger partial charge in [-0.15, -0.1) is 23.5 Å². The highest BCUT2D eigenvalue weighted by molar-refractivity contribution is 8.08. The third-order valence-corrected chi connectivity index (χ3v) is 7.22. The van der Waals surface area contributed by atoms with Crippen LogP contribution in [0, 0.1) is 0 Å². The Morgan fingerprint density at radius 3 is 1.82 bits per heavy atom. The minimum atomic E-state index is 0.490. The summed E-state index contributed by atoms with van der Waals surface area (Å²) in [7, 11) is 0. The topological polar surface area (TPSA) is 12.5 Å². The molecule has 0 N–H and O–H groups in total. The molecule has 2 fully saturated rings. The number of hydrogen-bond acceptors (Lipinski definition) is 4. The fraction of sp³-hybridized carbons (Fsp3) is 0.333. The molecule has 2 saturated heterocycles. The molecular weight excluding hydrogens is 328 g/mol. The Labute approximate surface area is 144 Å². The van der Waals surface area contributed by atoms with Gasteiger partial charge in [-0.1, -0.05) is 24.3 Å². The van der Waals surface area contributed by atoms with Crippen molar-refractivity contribution in [2.75, 3.05) is 23.9 Å². The van der Waals surface area contributed by atoms with Gasteiger partial charge in [0.15, 0.2) is 0 Å². The molecule has 22 heavy (non-hydrogen) atoms. The van der Waals surface area contributed by atoms with Gasteiger partial charge in [0.1, 0.15) is 0 Å². The molecule has 0 spiro atoms. The summed E-state index contributed by atoms with van der Waals surface area (Å²) in [6.07, 6.45) is 0.490. The number of rotatable bonds is 7. The van der Waals surface area contributed by atoms with Gasteiger partial charge in [-0.2, -0.15) is 11.8 Å². The Bertz CT molecular complexity index is 558. The molecule has 4 rings (SSSR count). The second-order valence-electron chi connectivity index (χ2n) is 5.58. The molecule has 2 aromatic carbocycles. The summed E-state index contributed by atoms with van der Waals surface area (Å²) in [6, 6.07) is 17.9. The summed E-state index contributed by atoms with van der Waals surface area (Å²) in [4.78, 5) is 2.71. The maximum Gasteiger partial charge on any atom is 0.0903 e. The molecule has 0 radical (unpaired) electrons. The quantitative estimate of drug-likeness (QED) is 0.513. The van der Waals surface area contributed by atoms with Gasteiger partial charge >= 0.3 is 0 Å². The fourth-order valence-corrected chi connectivity index (χ4v) is 4.91. The summed E-state index contributed by atoms with van der Waals surface area (Å²) in [6.45, 7) is 0.939. The van der Waals surface area contributed by atoms with Crippen LogP contribution in [-0.2, 0) is 4.74 Å². The first-order valence-corrected chi connectivity index (χ1v) is 10.6. The number of thioether (sulfide) groups is 3. The highest BCUT2D eigenvalue weighted by atomic mass is 32.2. The first-order valence-electron chi connectivity index (χ1n) is 7.56.